The van der Waals surface area contributed by atoms with Crippen LogP contribution >= 0.6 is 0 Å². The van der Waals surface area contributed by atoms with Crippen LogP contribution in [0.3, 0.4) is 0 Å². The third-order valence-corrected chi connectivity index (χ3v) is 6.57. The monoisotopic (exact) mass is 464 g/mol. The van der Waals surface area contributed by atoms with E-state index in [1.54, 1.807) is 0 Å². The maximum Gasteiger partial charge on any atom is 0.308 e. The number of aromatic nitrogens is 2. The molecule has 0 bridgehead atoms. The Kier molecular flexibility index (Phi) is 6.57. The third-order valence-electron chi connectivity index (χ3n) is 6.57. The number of hydrogen-bond acceptors (Lipinski definition) is 5. The fourth-order valence-corrected chi connectivity index (χ4v) is 5.07. The SMILES string of the molecule is CC=CC1CC(c2noc(C(c3ccccc3)c3ccccc3)n2)Cc2c(OC(C)=O)cccc21. The molecule has 1 aromatic heterocycles. The summed E-state index contributed by atoms with van der Waals surface area (Å²) in [7, 11) is 0. The van der Waals surface area contributed by atoms with E-state index < -0.39 is 0 Å². The first-order valence-electron chi connectivity index (χ1n) is 12.0. The number of rotatable bonds is 6. The van der Waals surface area contributed by atoms with E-state index in [1.807, 2.05) is 55.5 Å². The highest BCUT2D eigenvalue weighted by Crippen LogP contribution is 2.44. The van der Waals surface area contributed by atoms with Crippen molar-refractivity contribution in [3.63, 3.8) is 0 Å². The van der Waals surface area contributed by atoms with Gasteiger partial charge >= 0.3 is 5.97 Å². The van der Waals surface area contributed by atoms with Gasteiger partial charge in [0.25, 0.3) is 0 Å². The van der Waals surface area contributed by atoms with E-state index in [0.717, 1.165) is 23.1 Å². The number of nitrogens with zero attached hydrogens (tertiary/aromatic N) is 2. The van der Waals surface area contributed by atoms with E-state index in [1.165, 1.54) is 12.5 Å². The van der Waals surface area contributed by atoms with Gasteiger partial charge in [0.2, 0.25) is 5.89 Å². The number of benzene rings is 3. The number of allylic oxidation sites excluding steroid dienone is 2. The van der Waals surface area contributed by atoms with Gasteiger partial charge in [-0.15, -0.1) is 0 Å². The molecule has 0 N–H and O–H groups in total. The van der Waals surface area contributed by atoms with Gasteiger partial charge in [-0.2, -0.15) is 4.98 Å². The zero-order valence-electron chi connectivity index (χ0n) is 19.9. The number of esters is 1. The molecule has 2 atom stereocenters. The Morgan fingerprint density at radius 1 is 1.00 bits per heavy atom. The summed E-state index contributed by atoms with van der Waals surface area (Å²) in [6, 6.07) is 26.4. The fraction of sp³-hybridized carbons (Fsp3) is 0.233. The highest BCUT2D eigenvalue weighted by molar-refractivity contribution is 5.70. The van der Waals surface area contributed by atoms with Gasteiger partial charge in [-0.05, 0) is 48.1 Å². The van der Waals surface area contributed by atoms with E-state index in [-0.39, 0.29) is 23.7 Å². The lowest BCUT2D eigenvalue weighted by molar-refractivity contribution is -0.131. The normalized spacial score (nSPS) is 17.5. The van der Waals surface area contributed by atoms with Crippen LogP contribution in [0.1, 0.15) is 72.0 Å². The summed E-state index contributed by atoms with van der Waals surface area (Å²) in [4.78, 5) is 16.7. The molecule has 0 saturated heterocycles. The van der Waals surface area contributed by atoms with Crippen molar-refractivity contribution in [1.82, 2.24) is 10.1 Å². The molecule has 0 fully saturated rings. The van der Waals surface area contributed by atoms with Crippen molar-refractivity contribution in [2.45, 2.75) is 44.4 Å². The number of carbonyl (C=O) groups excluding carboxylic acids is 1. The van der Waals surface area contributed by atoms with Crippen molar-refractivity contribution in [1.29, 1.82) is 0 Å². The van der Waals surface area contributed by atoms with Crippen LogP contribution in [0.15, 0.2) is 95.5 Å². The lowest BCUT2D eigenvalue weighted by Crippen LogP contribution is -2.19. The Labute approximate surface area is 205 Å². The molecule has 1 aliphatic rings. The lowest BCUT2D eigenvalue weighted by atomic mass is 9.76. The minimum Gasteiger partial charge on any atom is -0.426 e. The summed E-state index contributed by atoms with van der Waals surface area (Å²) < 4.78 is 11.5. The van der Waals surface area contributed by atoms with E-state index in [0.29, 0.717) is 23.9 Å². The summed E-state index contributed by atoms with van der Waals surface area (Å²) in [6.45, 7) is 3.46. The van der Waals surface area contributed by atoms with E-state index in [4.69, 9.17) is 14.2 Å². The summed E-state index contributed by atoms with van der Waals surface area (Å²) in [5.41, 5.74) is 4.43. The number of hydrogen-bond donors (Lipinski definition) is 0. The second-order valence-electron chi connectivity index (χ2n) is 8.93. The average molecular weight is 465 g/mol. The molecule has 0 amide bonds. The molecule has 5 rings (SSSR count). The molecular formula is C30H28N2O3. The van der Waals surface area contributed by atoms with E-state index in [2.05, 4.69) is 47.6 Å². The zero-order chi connectivity index (χ0) is 24.2. The maximum atomic E-state index is 11.7. The topological polar surface area (TPSA) is 65.2 Å². The Bertz CT molecular complexity index is 1290. The number of fused-ring (bicyclic) bond motifs is 1. The molecule has 0 radical (unpaired) electrons. The van der Waals surface area contributed by atoms with Gasteiger partial charge in [-0.25, -0.2) is 0 Å². The smallest absolute Gasteiger partial charge is 0.308 e. The quantitative estimate of drug-likeness (QED) is 0.184. The van der Waals surface area contributed by atoms with Crippen LogP contribution in [-0.2, 0) is 11.2 Å². The Hall–Kier alpha value is -3.99. The molecule has 1 aliphatic carbocycles. The molecule has 0 saturated carbocycles. The van der Waals surface area contributed by atoms with Crippen molar-refractivity contribution >= 4 is 5.97 Å². The molecular weight excluding hydrogens is 436 g/mol. The van der Waals surface area contributed by atoms with Crippen LogP contribution < -0.4 is 4.74 Å². The second-order valence-corrected chi connectivity index (χ2v) is 8.93. The van der Waals surface area contributed by atoms with Crippen molar-refractivity contribution in [2.75, 3.05) is 0 Å². The van der Waals surface area contributed by atoms with Crippen LogP contribution in [0.4, 0.5) is 0 Å². The average Bonchev–Trinajstić information content (AvgIpc) is 3.35. The molecule has 0 spiro atoms. The highest BCUT2D eigenvalue weighted by Gasteiger charge is 2.33. The number of carbonyl (C=O) groups is 1. The zero-order valence-corrected chi connectivity index (χ0v) is 19.9. The van der Waals surface area contributed by atoms with Gasteiger partial charge in [-0.3, -0.25) is 4.79 Å². The first kappa shape index (κ1) is 22.8. The molecule has 5 nitrogen and oxygen atoms in total. The summed E-state index contributed by atoms with van der Waals surface area (Å²) >= 11 is 0. The standard InChI is InChI=1S/C30H28N2O3/c1-3-11-23-18-24(19-26-25(23)16-10-17-27(26)34-20(2)33)29-31-30(35-32-29)28(21-12-6-4-7-13-21)22-14-8-5-9-15-22/h3-17,23-24,28H,18-19H2,1-2H3. The van der Waals surface area contributed by atoms with Crippen LogP contribution in [0.5, 0.6) is 5.75 Å². The maximum absolute atomic E-state index is 11.7. The van der Waals surface area contributed by atoms with Crippen molar-refractivity contribution in [3.8, 4) is 5.75 Å². The Morgan fingerprint density at radius 3 is 2.31 bits per heavy atom. The molecule has 2 unspecified atom stereocenters. The van der Waals surface area contributed by atoms with Crippen molar-refractivity contribution in [2.24, 2.45) is 0 Å². The summed E-state index contributed by atoms with van der Waals surface area (Å²) in [5.74, 6) is 1.66. The lowest BCUT2D eigenvalue weighted by Gasteiger charge is -2.29. The van der Waals surface area contributed by atoms with Crippen molar-refractivity contribution in [3.05, 3.63) is 125 Å². The fourth-order valence-electron chi connectivity index (χ4n) is 5.07. The largest absolute Gasteiger partial charge is 0.426 e. The third kappa shape index (κ3) is 4.80. The van der Waals surface area contributed by atoms with Gasteiger partial charge in [0.15, 0.2) is 5.82 Å². The molecule has 4 aromatic rings. The van der Waals surface area contributed by atoms with Crippen LogP contribution in [-0.4, -0.2) is 16.1 Å². The molecule has 5 heteroatoms. The van der Waals surface area contributed by atoms with Crippen LogP contribution in [0, 0.1) is 0 Å². The number of ether oxygens (including phenoxy) is 1. The highest BCUT2D eigenvalue weighted by atomic mass is 16.5. The minimum atomic E-state index is -0.321. The van der Waals surface area contributed by atoms with Crippen LogP contribution in [0.25, 0.3) is 0 Å². The first-order chi connectivity index (χ1) is 17.1. The second kappa shape index (κ2) is 10.1. The van der Waals surface area contributed by atoms with E-state index in [9.17, 15) is 4.79 Å². The minimum absolute atomic E-state index is 0.0464. The first-order valence-corrected chi connectivity index (χ1v) is 12.0. The molecule has 0 aliphatic heterocycles. The summed E-state index contributed by atoms with van der Waals surface area (Å²) in [6.07, 6.45) is 5.81. The Balaban J connectivity index is 1.52. The predicted molar refractivity (Wildman–Crippen MR) is 134 cm³/mol. The predicted octanol–water partition coefficient (Wildman–Crippen LogP) is 6.56. The molecule has 176 valence electrons. The van der Waals surface area contributed by atoms with Gasteiger partial charge in [0, 0.05) is 18.8 Å². The van der Waals surface area contributed by atoms with Gasteiger partial charge in [0.05, 0.1) is 5.92 Å². The Morgan fingerprint density at radius 2 is 1.69 bits per heavy atom. The van der Waals surface area contributed by atoms with Gasteiger partial charge in [-0.1, -0.05) is 90.1 Å². The van der Waals surface area contributed by atoms with Crippen LogP contribution in [0.2, 0.25) is 0 Å². The van der Waals surface area contributed by atoms with E-state index >= 15 is 0 Å². The van der Waals surface area contributed by atoms with Gasteiger partial charge in [0.1, 0.15) is 5.75 Å². The summed E-state index contributed by atoms with van der Waals surface area (Å²) in [5, 5.41) is 4.45. The molecule has 35 heavy (non-hydrogen) atoms. The van der Waals surface area contributed by atoms with Crippen molar-refractivity contribution < 1.29 is 14.1 Å². The van der Waals surface area contributed by atoms with Gasteiger partial charge < -0.3 is 9.26 Å². The molecule has 1 heterocycles. The molecule has 3 aromatic carbocycles.